The van der Waals surface area contributed by atoms with Crippen LogP contribution in [0.1, 0.15) is 13.3 Å². The average Bonchev–Trinajstić information content (AvgIpc) is 1.94. The third kappa shape index (κ3) is 2.54. The fraction of sp³-hybridized carbons (Fsp3) is 1.00. The third-order valence-electron chi connectivity index (χ3n) is 1.85. The van der Waals surface area contributed by atoms with Crippen molar-refractivity contribution in [2.75, 3.05) is 14.1 Å². The Bertz CT molecular complexity index is 132. The van der Waals surface area contributed by atoms with Crippen molar-refractivity contribution < 1.29 is 29.8 Å². The van der Waals surface area contributed by atoms with Crippen molar-refractivity contribution in [1.29, 1.82) is 0 Å². The van der Waals surface area contributed by atoms with Gasteiger partial charge in [-0.15, -0.1) is 0 Å². The molecule has 3 nitrogen and oxygen atoms in total. The Morgan fingerprint density at radius 2 is 2.18 bits per heavy atom. The molecule has 3 unspecified atom stereocenters. The summed E-state index contributed by atoms with van der Waals surface area (Å²) in [5.74, 6) is 0. The quantitative estimate of drug-likeness (QED) is 0.409. The topological polar surface area (TPSA) is 32.7 Å². The van der Waals surface area contributed by atoms with Gasteiger partial charge in [0.1, 0.15) is 0 Å². The minimum atomic E-state index is -0.448. The van der Waals surface area contributed by atoms with Gasteiger partial charge in [0.15, 0.2) is 0 Å². The molecule has 0 aromatic carbocycles. The number of aliphatic hydroxyl groups excluding tert-OH is 1. The molecule has 68 valence electrons. The molecule has 1 N–H and O–H groups in total. The predicted molar refractivity (Wildman–Crippen MR) is 38.6 cm³/mol. The molecule has 0 aliphatic carbocycles. The van der Waals surface area contributed by atoms with E-state index >= 15 is 0 Å². The van der Waals surface area contributed by atoms with Crippen LogP contribution in [0.5, 0.6) is 0 Å². The number of hydrogen-bond acceptors (Lipinski definition) is 3. The zero-order valence-electron chi connectivity index (χ0n) is 7.12. The van der Waals surface area contributed by atoms with E-state index in [1.165, 1.54) is 0 Å². The second kappa shape index (κ2) is 4.02. The van der Waals surface area contributed by atoms with Gasteiger partial charge in [-0.2, -0.15) is 0 Å². The van der Waals surface area contributed by atoms with Gasteiger partial charge in [-0.25, -0.2) is 0 Å². The van der Waals surface area contributed by atoms with Gasteiger partial charge in [0, 0.05) is 0 Å². The second-order valence-electron chi connectivity index (χ2n) is 3.13. The molecule has 1 aliphatic heterocycles. The van der Waals surface area contributed by atoms with E-state index in [0.717, 1.165) is 6.42 Å². The standard InChI is InChI=1S/C7H15INO2/c1-5-4-6(9(2)3)7(10)8-11-5/h5-7,10H,4H2,1-3H3/q-1. The first-order chi connectivity index (χ1) is 5.11. The van der Waals surface area contributed by atoms with Crippen LogP contribution in [0.4, 0.5) is 0 Å². The summed E-state index contributed by atoms with van der Waals surface area (Å²) in [5, 5.41) is 9.54. The first-order valence-electron chi connectivity index (χ1n) is 3.75. The van der Waals surface area contributed by atoms with Gasteiger partial charge in [-0.1, -0.05) is 0 Å². The number of nitrogens with zero attached hydrogens (tertiary/aromatic N) is 1. The van der Waals surface area contributed by atoms with Gasteiger partial charge in [-0.3, -0.25) is 0 Å². The molecule has 11 heavy (non-hydrogen) atoms. The number of hydrogen-bond donors (Lipinski definition) is 1. The molecule has 0 aromatic rings. The van der Waals surface area contributed by atoms with E-state index in [0.29, 0.717) is 12.1 Å². The van der Waals surface area contributed by atoms with E-state index in [1.807, 2.05) is 14.1 Å². The van der Waals surface area contributed by atoms with Crippen LogP contribution in [-0.2, 0) is 3.07 Å². The molecule has 0 saturated carbocycles. The van der Waals surface area contributed by atoms with Crippen LogP contribution < -0.4 is 21.6 Å². The van der Waals surface area contributed by atoms with Crippen LogP contribution in [0.2, 0.25) is 0 Å². The summed E-state index contributed by atoms with van der Waals surface area (Å²) in [5.41, 5.74) is 0. The fourth-order valence-corrected chi connectivity index (χ4v) is 3.43. The summed E-state index contributed by atoms with van der Waals surface area (Å²) in [4.78, 5) is 2.09. The summed E-state index contributed by atoms with van der Waals surface area (Å²) in [6, 6.07) is 0.312. The summed E-state index contributed by atoms with van der Waals surface area (Å²) in [7, 11) is 4.02. The van der Waals surface area contributed by atoms with Crippen molar-refractivity contribution in [3.63, 3.8) is 0 Å². The van der Waals surface area contributed by atoms with E-state index in [-0.39, 0.29) is 4.11 Å². The van der Waals surface area contributed by atoms with Gasteiger partial charge in [0.25, 0.3) is 0 Å². The van der Waals surface area contributed by atoms with E-state index in [1.54, 1.807) is 0 Å². The Labute approximate surface area is 78.5 Å². The molecular formula is C7H15INO2-. The molecule has 1 aliphatic rings. The first-order valence-corrected chi connectivity index (χ1v) is 5.87. The number of aliphatic hydroxyl groups is 1. The Morgan fingerprint density at radius 1 is 1.55 bits per heavy atom. The third-order valence-corrected chi connectivity index (χ3v) is 4.36. The van der Waals surface area contributed by atoms with Crippen LogP contribution in [-0.4, -0.2) is 40.4 Å². The second-order valence-corrected chi connectivity index (χ2v) is 5.42. The molecule has 1 rings (SSSR count). The fourth-order valence-electron chi connectivity index (χ4n) is 1.15. The van der Waals surface area contributed by atoms with Crippen LogP contribution in [0.15, 0.2) is 0 Å². The molecule has 1 saturated heterocycles. The first kappa shape index (κ1) is 9.70. The zero-order chi connectivity index (χ0) is 8.43. The van der Waals surface area contributed by atoms with Gasteiger partial charge in [0.2, 0.25) is 0 Å². The molecule has 0 spiro atoms. The molecule has 0 aromatic heterocycles. The van der Waals surface area contributed by atoms with E-state index < -0.39 is 21.6 Å². The molecular weight excluding hydrogens is 257 g/mol. The molecule has 0 bridgehead atoms. The SMILES string of the molecule is CC1CC(N(C)C)C(O)[I-]O1. The van der Waals surface area contributed by atoms with Gasteiger partial charge in [-0.05, 0) is 0 Å². The monoisotopic (exact) mass is 272 g/mol. The number of likely N-dealkylation sites (N-methyl/N-ethyl adjacent to an activating group) is 1. The van der Waals surface area contributed by atoms with Crippen molar-refractivity contribution in [1.82, 2.24) is 4.90 Å². The Morgan fingerprint density at radius 3 is 2.64 bits per heavy atom. The normalized spacial score (nSPS) is 40.3. The summed E-state index contributed by atoms with van der Waals surface area (Å²) < 4.78 is 5.20. The van der Waals surface area contributed by atoms with Crippen molar-refractivity contribution in [3.8, 4) is 0 Å². The minimum absolute atomic E-state index is 0.208. The van der Waals surface area contributed by atoms with Crippen molar-refractivity contribution >= 4 is 0 Å². The Kier molecular flexibility index (Phi) is 3.54. The maximum absolute atomic E-state index is 9.54. The van der Waals surface area contributed by atoms with E-state index in [9.17, 15) is 5.11 Å². The van der Waals surface area contributed by atoms with Crippen LogP contribution in [0, 0.1) is 0 Å². The Balaban J connectivity index is 2.47. The number of rotatable bonds is 1. The zero-order valence-corrected chi connectivity index (χ0v) is 9.28. The molecule has 1 fully saturated rings. The van der Waals surface area contributed by atoms with Crippen LogP contribution in [0.25, 0.3) is 0 Å². The van der Waals surface area contributed by atoms with Gasteiger partial charge >= 0.3 is 78.4 Å². The average molecular weight is 272 g/mol. The van der Waals surface area contributed by atoms with Gasteiger partial charge < -0.3 is 0 Å². The molecule has 0 amide bonds. The van der Waals surface area contributed by atoms with Crippen LogP contribution >= 0.6 is 0 Å². The van der Waals surface area contributed by atoms with E-state index in [4.69, 9.17) is 3.07 Å². The van der Waals surface area contributed by atoms with Gasteiger partial charge in [0.05, 0.1) is 0 Å². The van der Waals surface area contributed by atoms with Crippen molar-refractivity contribution in [2.24, 2.45) is 0 Å². The molecule has 3 atom stereocenters. The Hall–Kier alpha value is 0.610. The number of halogens is 1. The molecule has 0 radical (unpaired) electrons. The molecule has 4 heteroatoms. The summed E-state index contributed by atoms with van der Waals surface area (Å²) in [6.07, 6.45) is 1.28. The predicted octanol–water partition coefficient (Wildman–Crippen LogP) is -2.95. The van der Waals surface area contributed by atoms with Crippen LogP contribution in [0.3, 0.4) is 0 Å². The summed E-state index contributed by atoms with van der Waals surface area (Å²) in [6.45, 7) is 2.07. The maximum atomic E-state index is 9.54. The summed E-state index contributed by atoms with van der Waals surface area (Å²) >= 11 is -0.448. The molecule has 1 heterocycles. The van der Waals surface area contributed by atoms with Crippen molar-refractivity contribution in [2.45, 2.75) is 29.6 Å². The van der Waals surface area contributed by atoms with E-state index in [2.05, 4.69) is 11.8 Å². The van der Waals surface area contributed by atoms with Crippen molar-refractivity contribution in [3.05, 3.63) is 0 Å². The number of alkyl halides is 1.